The molecule has 1 aromatic heterocycles. The van der Waals surface area contributed by atoms with Crippen LogP contribution >= 0.6 is 11.9 Å². The van der Waals surface area contributed by atoms with Crippen molar-refractivity contribution in [2.24, 2.45) is 4.99 Å². The number of hydrogen-bond donors (Lipinski definition) is 1. The lowest BCUT2D eigenvalue weighted by atomic mass is 10.3. The summed E-state index contributed by atoms with van der Waals surface area (Å²) in [4.78, 5) is 16.0. The van der Waals surface area contributed by atoms with Gasteiger partial charge in [-0.1, -0.05) is 39.0 Å². The molecule has 0 aliphatic carbocycles. The standard InChI is InChI=1S/C18H24N4O2S/c1-4-11-24-17-12-15(20-18(23)21-25-14(3)5-2)13-19-22(17)16-9-7-6-8-10-16/h6-10,12-14H,4-5,11H2,1-3H3,(H,21,23)/b20-15+. The van der Waals surface area contributed by atoms with Crippen LogP contribution in [0.25, 0.3) is 5.69 Å². The van der Waals surface area contributed by atoms with E-state index < -0.39 is 6.03 Å². The minimum absolute atomic E-state index is 0.344. The summed E-state index contributed by atoms with van der Waals surface area (Å²) in [6.45, 7) is 6.72. The Kier molecular flexibility index (Phi) is 7.53. The normalized spacial score (nSPS) is 12.7. The number of carbonyl (C=O) groups excluding carboxylic acids is 1. The van der Waals surface area contributed by atoms with Crippen molar-refractivity contribution in [3.8, 4) is 11.6 Å². The number of aromatic nitrogens is 2. The molecule has 2 amide bonds. The Morgan fingerprint density at radius 1 is 1.36 bits per heavy atom. The maximum atomic E-state index is 11.9. The van der Waals surface area contributed by atoms with Crippen LogP contribution in [-0.2, 0) is 0 Å². The molecule has 0 saturated carbocycles. The molecular weight excluding hydrogens is 336 g/mol. The van der Waals surface area contributed by atoms with E-state index in [0.29, 0.717) is 23.1 Å². The Bertz CT molecular complexity index is 746. The molecule has 0 fully saturated rings. The number of rotatable bonds is 7. The molecule has 0 saturated heterocycles. The Balaban J connectivity index is 2.25. The van der Waals surface area contributed by atoms with Crippen LogP contribution < -0.4 is 14.8 Å². The number of para-hydroxylation sites is 1. The molecule has 6 nitrogen and oxygen atoms in total. The summed E-state index contributed by atoms with van der Waals surface area (Å²) in [5.41, 5.74) is 0.886. The fourth-order valence-electron chi connectivity index (χ4n) is 1.91. The van der Waals surface area contributed by atoms with Crippen molar-refractivity contribution < 1.29 is 9.53 Å². The van der Waals surface area contributed by atoms with Gasteiger partial charge in [-0.05, 0) is 36.9 Å². The van der Waals surface area contributed by atoms with E-state index in [1.807, 2.05) is 37.3 Å². The molecule has 2 aromatic rings. The summed E-state index contributed by atoms with van der Waals surface area (Å²) >= 11 is 1.37. The summed E-state index contributed by atoms with van der Waals surface area (Å²) in [6.07, 6.45) is 3.41. The second-order valence-electron chi connectivity index (χ2n) is 5.50. The third-order valence-electron chi connectivity index (χ3n) is 3.39. The highest BCUT2D eigenvalue weighted by Gasteiger charge is 2.07. The third kappa shape index (κ3) is 5.94. The van der Waals surface area contributed by atoms with Crippen molar-refractivity contribution in [3.05, 3.63) is 48.0 Å². The molecule has 7 heteroatoms. The molecule has 0 aliphatic rings. The van der Waals surface area contributed by atoms with Gasteiger partial charge in [0.15, 0.2) is 0 Å². The first-order valence-corrected chi connectivity index (χ1v) is 9.30. The molecule has 1 atom stereocenters. The quantitative estimate of drug-likeness (QED) is 0.764. The first-order chi connectivity index (χ1) is 12.1. The molecular formula is C18H24N4O2S. The van der Waals surface area contributed by atoms with Crippen LogP contribution in [0.1, 0.15) is 33.6 Å². The lowest BCUT2D eigenvalue weighted by Gasteiger charge is -2.12. The highest BCUT2D eigenvalue weighted by molar-refractivity contribution is 7.98. The van der Waals surface area contributed by atoms with E-state index in [-0.39, 0.29) is 0 Å². The lowest BCUT2D eigenvalue weighted by molar-refractivity contribution is 0.253. The first kappa shape index (κ1) is 19.1. The van der Waals surface area contributed by atoms with Crippen LogP contribution in [0.4, 0.5) is 4.79 Å². The van der Waals surface area contributed by atoms with E-state index in [0.717, 1.165) is 18.5 Å². The Morgan fingerprint density at radius 2 is 2.12 bits per heavy atom. The van der Waals surface area contributed by atoms with Gasteiger partial charge in [-0.15, -0.1) is 0 Å². The topological polar surface area (TPSA) is 68.5 Å². The summed E-state index contributed by atoms with van der Waals surface area (Å²) in [6, 6.07) is 11.0. The Morgan fingerprint density at radius 3 is 2.80 bits per heavy atom. The van der Waals surface area contributed by atoms with E-state index >= 15 is 0 Å². The number of hydrogen-bond acceptors (Lipinski definition) is 4. The number of carbonyl (C=O) groups is 1. The van der Waals surface area contributed by atoms with Gasteiger partial charge in [-0.3, -0.25) is 4.72 Å². The van der Waals surface area contributed by atoms with E-state index in [4.69, 9.17) is 4.74 Å². The molecule has 1 unspecified atom stereocenters. The summed E-state index contributed by atoms with van der Waals surface area (Å²) in [5.74, 6) is 0.552. The van der Waals surface area contributed by atoms with E-state index in [2.05, 4.69) is 28.7 Å². The fraction of sp³-hybridized carbons (Fsp3) is 0.389. The Hall–Kier alpha value is -2.28. The molecule has 25 heavy (non-hydrogen) atoms. The zero-order chi connectivity index (χ0) is 18.1. The van der Waals surface area contributed by atoms with Crippen molar-refractivity contribution in [1.29, 1.82) is 0 Å². The third-order valence-corrected chi connectivity index (χ3v) is 4.42. The minimum atomic E-state index is -0.397. The average Bonchev–Trinajstić information content (AvgIpc) is 2.65. The summed E-state index contributed by atoms with van der Waals surface area (Å²) in [5, 5.41) is 5.18. The molecule has 0 spiro atoms. The lowest BCUT2D eigenvalue weighted by Crippen LogP contribution is -2.20. The van der Waals surface area contributed by atoms with Crippen LogP contribution in [0.3, 0.4) is 0 Å². The van der Waals surface area contributed by atoms with Crippen molar-refractivity contribution in [2.45, 2.75) is 38.9 Å². The molecule has 0 aliphatic heterocycles. The van der Waals surface area contributed by atoms with Crippen LogP contribution in [0.15, 0.2) is 47.6 Å². The predicted molar refractivity (Wildman–Crippen MR) is 101 cm³/mol. The summed E-state index contributed by atoms with van der Waals surface area (Å²) < 4.78 is 10.2. The molecule has 0 radical (unpaired) electrons. The van der Waals surface area contributed by atoms with E-state index in [1.165, 1.54) is 11.9 Å². The minimum Gasteiger partial charge on any atom is -0.478 e. The largest absolute Gasteiger partial charge is 0.478 e. The number of ether oxygens (including phenoxy) is 1. The van der Waals surface area contributed by atoms with E-state index in [9.17, 15) is 4.79 Å². The maximum absolute atomic E-state index is 11.9. The van der Waals surface area contributed by atoms with E-state index in [1.54, 1.807) is 16.9 Å². The number of urea groups is 1. The monoisotopic (exact) mass is 360 g/mol. The van der Waals surface area contributed by atoms with Crippen molar-refractivity contribution in [1.82, 2.24) is 14.5 Å². The highest BCUT2D eigenvalue weighted by atomic mass is 32.2. The van der Waals surface area contributed by atoms with Gasteiger partial charge in [-0.25, -0.2) is 9.48 Å². The van der Waals surface area contributed by atoms with Gasteiger partial charge < -0.3 is 4.74 Å². The number of nitrogens with one attached hydrogen (secondary N) is 1. The van der Waals surface area contributed by atoms with Crippen LogP contribution in [0.5, 0.6) is 5.88 Å². The van der Waals surface area contributed by atoms with Gasteiger partial charge in [-0.2, -0.15) is 10.1 Å². The average molecular weight is 360 g/mol. The number of nitrogens with zero attached hydrogens (tertiary/aromatic N) is 3. The fourth-order valence-corrected chi connectivity index (χ4v) is 2.42. The zero-order valence-corrected chi connectivity index (χ0v) is 15.6. The Labute approximate surface area is 152 Å². The van der Waals surface area contributed by atoms with Gasteiger partial charge in [0, 0.05) is 11.3 Å². The highest BCUT2D eigenvalue weighted by Crippen LogP contribution is 2.14. The van der Waals surface area contributed by atoms with Crippen molar-refractivity contribution in [3.63, 3.8) is 0 Å². The zero-order valence-electron chi connectivity index (χ0n) is 14.8. The van der Waals surface area contributed by atoms with Gasteiger partial charge in [0.25, 0.3) is 0 Å². The van der Waals surface area contributed by atoms with Crippen molar-refractivity contribution in [2.75, 3.05) is 6.61 Å². The van der Waals surface area contributed by atoms with Gasteiger partial charge >= 0.3 is 6.03 Å². The molecule has 1 N–H and O–H groups in total. The van der Waals surface area contributed by atoms with Gasteiger partial charge in [0.2, 0.25) is 5.88 Å². The SMILES string of the molecule is CCCOc1c/c(=N\C(=O)NSC(C)CC)cnn1-c1ccccc1. The molecule has 0 bridgehead atoms. The molecule has 1 heterocycles. The smallest absolute Gasteiger partial charge is 0.351 e. The maximum Gasteiger partial charge on any atom is 0.351 e. The van der Waals surface area contributed by atoms with Crippen LogP contribution in [0, 0.1) is 0 Å². The molecule has 1 aromatic carbocycles. The number of benzene rings is 1. The van der Waals surface area contributed by atoms with Crippen LogP contribution in [0.2, 0.25) is 0 Å². The first-order valence-electron chi connectivity index (χ1n) is 8.42. The number of amides is 2. The van der Waals surface area contributed by atoms with Crippen LogP contribution in [-0.4, -0.2) is 27.7 Å². The van der Waals surface area contributed by atoms with Gasteiger partial charge in [0.05, 0.1) is 23.8 Å². The second-order valence-corrected chi connectivity index (χ2v) is 6.75. The molecule has 2 rings (SSSR count). The second kappa shape index (κ2) is 9.88. The van der Waals surface area contributed by atoms with Crippen molar-refractivity contribution >= 4 is 18.0 Å². The summed E-state index contributed by atoms with van der Waals surface area (Å²) in [7, 11) is 0. The predicted octanol–water partition coefficient (Wildman–Crippen LogP) is 3.72. The van der Waals surface area contributed by atoms with Gasteiger partial charge in [0.1, 0.15) is 0 Å². The molecule has 134 valence electrons.